The number of nitrogens with zero attached hydrogens (tertiary/aromatic N) is 4. The molecule has 2 aromatic heterocycles. The highest BCUT2D eigenvalue weighted by molar-refractivity contribution is 6.11. The number of pyridine rings is 1. The van der Waals surface area contributed by atoms with Gasteiger partial charge in [0.2, 0.25) is 0 Å². The van der Waals surface area contributed by atoms with Crippen LogP contribution in [0.3, 0.4) is 0 Å². The van der Waals surface area contributed by atoms with Crippen molar-refractivity contribution < 1.29 is 4.79 Å². The van der Waals surface area contributed by atoms with Gasteiger partial charge < -0.3 is 10.2 Å². The average molecular weight is 406 g/mol. The van der Waals surface area contributed by atoms with Crippen molar-refractivity contribution in [1.29, 1.82) is 0 Å². The van der Waals surface area contributed by atoms with Crippen molar-refractivity contribution in [3.8, 4) is 0 Å². The Bertz CT molecular complexity index is 1100. The number of nitrogens with one attached hydrogen (secondary N) is 1. The van der Waals surface area contributed by atoms with Crippen molar-refractivity contribution in [2.24, 2.45) is 5.92 Å². The van der Waals surface area contributed by atoms with Gasteiger partial charge in [-0.3, -0.25) is 9.59 Å². The molecular formula is C23H27N5O2. The van der Waals surface area contributed by atoms with Crippen LogP contribution < -0.4 is 15.8 Å². The summed E-state index contributed by atoms with van der Waals surface area (Å²) in [6.45, 7) is 6.52. The molecule has 0 aliphatic carbocycles. The molecule has 30 heavy (non-hydrogen) atoms. The van der Waals surface area contributed by atoms with E-state index in [9.17, 15) is 9.59 Å². The molecule has 3 aromatic rings. The van der Waals surface area contributed by atoms with Gasteiger partial charge in [0.05, 0.1) is 17.3 Å². The molecular weight excluding hydrogens is 378 g/mol. The first kappa shape index (κ1) is 20.1. The lowest BCUT2D eigenvalue weighted by atomic mass is 10.1. The van der Waals surface area contributed by atoms with E-state index >= 15 is 0 Å². The standard InChI is InChI=1S/C23H27N5O2/c1-16(2)15-28-23(30)19-9-5-4-8-18(19)21(26-28)22(29)25-17-10-11-20(24-14-17)27-12-6-3-7-13-27/h4-5,8-11,14,16H,3,6-7,12-13,15H2,1-2H3,(H,25,29). The molecule has 1 saturated heterocycles. The number of fused-ring (bicyclic) bond motifs is 1. The summed E-state index contributed by atoms with van der Waals surface area (Å²) < 4.78 is 1.39. The van der Waals surface area contributed by atoms with Crippen molar-refractivity contribution in [1.82, 2.24) is 14.8 Å². The maximum atomic E-state index is 13.0. The van der Waals surface area contributed by atoms with Gasteiger partial charge in [-0.25, -0.2) is 9.67 Å². The first-order chi connectivity index (χ1) is 14.5. The van der Waals surface area contributed by atoms with Crippen LogP contribution in [0.5, 0.6) is 0 Å². The van der Waals surface area contributed by atoms with Gasteiger partial charge in [-0.15, -0.1) is 0 Å². The lowest BCUT2D eigenvalue weighted by molar-refractivity contribution is 0.102. The second-order valence-corrected chi connectivity index (χ2v) is 8.18. The average Bonchev–Trinajstić information content (AvgIpc) is 2.76. The van der Waals surface area contributed by atoms with Crippen LogP contribution >= 0.6 is 0 Å². The maximum Gasteiger partial charge on any atom is 0.276 e. The van der Waals surface area contributed by atoms with Crippen LogP contribution in [0.4, 0.5) is 11.5 Å². The third kappa shape index (κ3) is 4.20. The number of carbonyl (C=O) groups is 1. The van der Waals surface area contributed by atoms with Crippen molar-refractivity contribution in [3.63, 3.8) is 0 Å². The Labute approximate surface area is 175 Å². The smallest absolute Gasteiger partial charge is 0.276 e. The van der Waals surface area contributed by atoms with E-state index in [0.717, 1.165) is 18.9 Å². The highest BCUT2D eigenvalue weighted by atomic mass is 16.2. The fraction of sp³-hybridized carbons (Fsp3) is 0.391. The number of hydrogen-bond acceptors (Lipinski definition) is 5. The number of rotatable bonds is 5. The summed E-state index contributed by atoms with van der Waals surface area (Å²) in [4.78, 5) is 32.6. The second kappa shape index (κ2) is 8.65. The Morgan fingerprint density at radius 1 is 1.07 bits per heavy atom. The third-order valence-corrected chi connectivity index (χ3v) is 5.31. The van der Waals surface area contributed by atoms with Crippen molar-refractivity contribution in [3.05, 3.63) is 58.6 Å². The van der Waals surface area contributed by atoms with Crippen molar-refractivity contribution >= 4 is 28.2 Å². The van der Waals surface area contributed by atoms with Crippen molar-refractivity contribution in [2.45, 2.75) is 39.7 Å². The van der Waals surface area contributed by atoms with E-state index in [-0.39, 0.29) is 23.1 Å². The molecule has 0 saturated carbocycles. The Hall–Kier alpha value is -3.22. The fourth-order valence-electron chi connectivity index (χ4n) is 3.83. The van der Waals surface area contributed by atoms with E-state index in [1.54, 1.807) is 24.4 Å². The number of anilines is 2. The normalized spacial score (nSPS) is 14.3. The Balaban J connectivity index is 1.61. The zero-order valence-corrected chi connectivity index (χ0v) is 17.5. The Kier molecular flexibility index (Phi) is 5.79. The van der Waals surface area contributed by atoms with Crippen LogP contribution in [0.15, 0.2) is 47.4 Å². The molecule has 1 aliphatic heterocycles. The van der Waals surface area contributed by atoms with Crippen LogP contribution in [-0.4, -0.2) is 33.8 Å². The summed E-state index contributed by atoms with van der Waals surface area (Å²) in [6.07, 6.45) is 5.31. The minimum atomic E-state index is -0.351. The Morgan fingerprint density at radius 2 is 1.80 bits per heavy atom. The quantitative estimate of drug-likeness (QED) is 0.700. The zero-order chi connectivity index (χ0) is 21.1. The summed E-state index contributed by atoms with van der Waals surface area (Å²) in [5.74, 6) is 0.816. The predicted molar refractivity (Wildman–Crippen MR) is 119 cm³/mol. The maximum absolute atomic E-state index is 13.0. The summed E-state index contributed by atoms with van der Waals surface area (Å²) in [5, 5.41) is 8.32. The van der Waals surface area contributed by atoms with E-state index in [1.165, 1.54) is 23.9 Å². The van der Waals surface area contributed by atoms with Gasteiger partial charge in [-0.1, -0.05) is 32.0 Å². The molecule has 1 amide bonds. The molecule has 3 heterocycles. The second-order valence-electron chi connectivity index (χ2n) is 8.18. The minimum absolute atomic E-state index is 0.177. The topological polar surface area (TPSA) is 80.1 Å². The van der Waals surface area contributed by atoms with Crippen LogP contribution in [0, 0.1) is 5.92 Å². The first-order valence-corrected chi connectivity index (χ1v) is 10.5. The van der Waals surface area contributed by atoms with Gasteiger partial charge in [-0.05, 0) is 43.4 Å². The predicted octanol–water partition coefficient (Wildman–Crippen LogP) is 3.69. The highest BCUT2D eigenvalue weighted by Crippen LogP contribution is 2.20. The fourth-order valence-corrected chi connectivity index (χ4v) is 3.83. The number of piperidine rings is 1. The number of aromatic nitrogens is 3. The van der Waals surface area contributed by atoms with E-state index < -0.39 is 0 Å². The van der Waals surface area contributed by atoms with Crippen LogP contribution in [0.25, 0.3) is 10.8 Å². The van der Waals surface area contributed by atoms with Gasteiger partial charge >= 0.3 is 0 Å². The number of hydrogen-bond donors (Lipinski definition) is 1. The summed E-state index contributed by atoms with van der Waals surface area (Å²) >= 11 is 0. The molecule has 0 bridgehead atoms. The monoisotopic (exact) mass is 405 g/mol. The molecule has 0 radical (unpaired) electrons. The van der Waals surface area contributed by atoms with Crippen LogP contribution in [-0.2, 0) is 6.54 Å². The summed E-state index contributed by atoms with van der Waals surface area (Å²) in [5.41, 5.74) is 0.669. The van der Waals surface area contributed by atoms with Gasteiger partial charge in [0.15, 0.2) is 5.69 Å². The largest absolute Gasteiger partial charge is 0.357 e. The van der Waals surface area contributed by atoms with E-state index in [0.29, 0.717) is 23.0 Å². The third-order valence-electron chi connectivity index (χ3n) is 5.31. The molecule has 0 spiro atoms. The van der Waals surface area contributed by atoms with Crippen LogP contribution in [0.1, 0.15) is 43.6 Å². The summed E-state index contributed by atoms with van der Waals surface area (Å²) in [7, 11) is 0. The van der Waals surface area contributed by atoms with Gasteiger partial charge in [0.25, 0.3) is 11.5 Å². The van der Waals surface area contributed by atoms with Gasteiger partial charge in [0.1, 0.15) is 5.82 Å². The molecule has 1 aliphatic rings. The summed E-state index contributed by atoms with van der Waals surface area (Å²) in [6, 6.07) is 10.9. The molecule has 7 heteroatoms. The lowest BCUT2D eigenvalue weighted by Gasteiger charge is -2.27. The molecule has 4 rings (SSSR count). The van der Waals surface area contributed by atoms with Gasteiger partial charge in [0, 0.05) is 25.0 Å². The highest BCUT2D eigenvalue weighted by Gasteiger charge is 2.18. The van der Waals surface area contributed by atoms with Gasteiger partial charge in [-0.2, -0.15) is 5.10 Å². The zero-order valence-electron chi connectivity index (χ0n) is 17.5. The number of carbonyl (C=O) groups excluding carboxylic acids is 1. The molecule has 1 N–H and O–H groups in total. The first-order valence-electron chi connectivity index (χ1n) is 10.5. The molecule has 1 aromatic carbocycles. The van der Waals surface area contributed by atoms with Crippen LogP contribution in [0.2, 0.25) is 0 Å². The molecule has 156 valence electrons. The number of benzene rings is 1. The molecule has 1 fully saturated rings. The van der Waals surface area contributed by atoms with E-state index in [4.69, 9.17) is 0 Å². The molecule has 7 nitrogen and oxygen atoms in total. The van der Waals surface area contributed by atoms with Crippen molar-refractivity contribution in [2.75, 3.05) is 23.3 Å². The molecule has 0 atom stereocenters. The SMILES string of the molecule is CC(C)Cn1nc(C(=O)Nc2ccc(N3CCCCC3)nc2)c2ccccc2c1=O. The number of amides is 1. The van der Waals surface area contributed by atoms with E-state index in [2.05, 4.69) is 20.3 Å². The minimum Gasteiger partial charge on any atom is -0.357 e. The lowest BCUT2D eigenvalue weighted by Crippen LogP contribution is -2.30. The van der Waals surface area contributed by atoms with E-state index in [1.807, 2.05) is 32.0 Å². The molecule has 0 unspecified atom stereocenters. The Morgan fingerprint density at radius 3 is 2.47 bits per heavy atom.